The van der Waals surface area contributed by atoms with E-state index in [1.54, 1.807) is 18.3 Å². The Morgan fingerprint density at radius 3 is 2.71 bits per heavy atom. The molecule has 4 N–H and O–H groups in total. The number of nitrogens with zero attached hydrogens (tertiary/aromatic N) is 5. The molecule has 1 aliphatic rings. The average Bonchev–Trinajstić information content (AvgIpc) is 3.60. The second-order valence-corrected chi connectivity index (χ2v) is 10.2. The zero-order chi connectivity index (χ0) is 28.3. The van der Waals surface area contributed by atoms with Crippen molar-refractivity contribution < 1.29 is 13.9 Å². The highest BCUT2D eigenvalue weighted by Crippen LogP contribution is 2.30. The molecule has 210 valence electrons. The number of anilines is 4. The molecule has 0 aliphatic carbocycles. The molecule has 0 bridgehead atoms. The maximum atomic E-state index is 13.2. The largest absolute Gasteiger partial charge is 0.381 e. The summed E-state index contributed by atoms with van der Waals surface area (Å²) in [6, 6.07) is 12.8. The van der Waals surface area contributed by atoms with Gasteiger partial charge in [-0.05, 0) is 61.7 Å². The zero-order valence-corrected chi connectivity index (χ0v) is 22.9. The van der Waals surface area contributed by atoms with Gasteiger partial charge in [0.25, 0.3) is 5.91 Å². The summed E-state index contributed by atoms with van der Waals surface area (Å²) in [5.74, 6) is 0.790. The van der Waals surface area contributed by atoms with E-state index in [0.29, 0.717) is 59.3 Å². The highest BCUT2D eigenvalue weighted by Gasteiger charge is 2.22. The van der Waals surface area contributed by atoms with E-state index in [0.717, 1.165) is 29.5 Å². The number of aryl methyl sites for hydroxylation is 1. The number of rotatable bonds is 8. The lowest BCUT2D eigenvalue weighted by Gasteiger charge is -2.22. The van der Waals surface area contributed by atoms with Crippen molar-refractivity contribution >= 4 is 51.8 Å². The number of aromatic amines is 1. The average molecular weight is 576 g/mol. The number of aromatic nitrogens is 6. The van der Waals surface area contributed by atoms with Crippen LogP contribution in [-0.4, -0.2) is 49.1 Å². The zero-order valence-electron chi connectivity index (χ0n) is 22.1. The number of nitrogens with one attached hydrogen (secondary N) is 4. The number of fused-ring (bicyclic) bond motifs is 1. The number of H-pyrrole nitrogens is 1. The maximum Gasteiger partial charge on any atom is 0.257 e. The Labute approximate surface area is 239 Å². The van der Waals surface area contributed by atoms with Crippen molar-refractivity contribution in [3.8, 4) is 0 Å². The number of halogens is 2. The van der Waals surface area contributed by atoms with Crippen LogP contribution in [0.2, 0.25) is 5.02 Å². The molecule has 11 nitrogen and oxygen atoms in total. The van der Waals surface area contributed by atoms with Crippen LogP contribution in [-0.2, 0) is 11.3 Å². The molecular formula is C28H27ClFN9O2. The summed E-state index contributed by atoms with van der Waals surface area (Å²) in [7, 11) is 0. The van der Waals surface area contributed by atoms with Gasteiger partial charge in [-0.3, -0.25) is 9.89 Å². The first-order valence-corrected chi connectivity index (χ1v) is 13.5. The first-order valence-electron chi connectivity index (χ1n) is 13.1. The first kappa shape index (κ1) is 26.7. The van der Waals surface area contributed by atoms with Gasteiger partial charge in [-0.15, -0.1) is 0 Å². The van der Waals surface area contributed by atoms with Crippen LogP contribution in [0.25, 0.3) is 11.0 Å². The molecule has 0 atom stereocenters. The van der Waals surface area contributed by atoms with Crippen molar-refractivity contribution in [3.05, 3.63) is 82.4 Å². The van der Waals surface area contributed by atoms with Gasteiger partial charge in [-0.1, -0.05) is 17.7 Å². The summed E-state index contributed by atoms with van der Waals surface area (Å²) in [5.41, 5.74) is 3.15. The Hall–Kier alpha value is -4.55. The molecule has 1 amide bonds. The minimum atomic E-state index is -0.401. The summed E-state index contributed by atoms with van der Waals surface area (Å²) in [6.45, 7) is 3.59. The molecular weight excluding hydrogens is 549 g/mol. The second kappa shape index (κ2) is 11.5. The van der Waals surface area contributed by atoms with Gasteiger partial charge in [0.05, 0.1) is 28.2 Å². The number of hydrogen-bond acceptors (Lipinski definition) is 8. The fourth-order valence-corrected chi connectivity index (χ4v) is 4.87. The van der Waals surface area contributed by atoms with Crippen molar-refractivity contribution in [2.75, 3.05) is 29.2 Å². The normalized spacial score (nSPS) is 13.8. The Kier molecular flexibility index (Phi) is 7.49. The third-order valence-electron chi connectivity index (χ3n) is 6.77. The van der Waals surface area contributed by atoms with Crippen LogP contribution in [0.4, 0.5) is 27.7 Å². The molecule has 3 aromatic heterocycles. The van der Waals surface area contributed by atoms with Gasteiger partial charge in [-0.25, -0.2) is 9.07 Å². The van der Waals surface area contributed by atoms with Gasteiger partial charge < -0.3 is 20.7 Å². The number of hydrogen-bond donors (Lipinski definition) is 4. The van der Waals surface area contributed by atoms with Gasteiger partial charge in [-0.2, -0.15) is 20.2 Å². The Bertz CT molecular complexity index is 1700. The fraction of sp³-hybridized carbons (Fsp3) is 0.250. The summed E-state index contributed by atoms with van der Waals surface area (Å²) >= 11 is 6.34. The van der Waals surface area contributed by atoms with Gasteiger partial charge in [0.1, 0.15) is 11.6 Å². The molecule has 0 unspecified atom stereocenters. The molecule has 4 heterocycles. The second-order valence-electron chi connectivity index (χ2n) is 9.76. The molecule has 0 saturated carbocycles. The van der Waals surface area contributed by atoms with Crippen molar-refractivity contribution in [1.29, 1.82) is 0 Å². The van der Waals surface area contributed by atoms with E-state index in [1.165, 1.54) is 24.3 Å². The van der Waals surface area contributed by atoms with E-state index < -0.39 is 5.91 Å². The number of ether oxygens (including phenoxy) is 1. The van der Waals surface area contributed by atoms with Gasteiger partial charge in [0.15, 0.2) is 11.5 Å². The Morgan fingerprint density at radius 2 is 1.95 bits per heavy atom. The molecule has 13 heteroatoms. The lowest BCUT2D eigenvalue weighted by molar-refractivity contribution is 0.0673. The van der Waals surface area contributed by atoms with Crippen molar-refractivity contribution in [2.24, 2.45) is 0 Å². The topological polar surface area (TPSA) is 135 Å². The van der Waals surface area contributed by atoms with Crippen LogP contribution in [0.5, 0.6) is 0 Å². The van der Waals surface area contributed by atoms with Gasteiger partial charge in [0.2, 0.25) is 5.95 Å². The SMILES string of the molecule is Cc1cc(Nc2nc(NCc3ccc(Cl)c(C(=O)Nc4ccc(F)cc4)c3)nc3c2cnn3C2CCOCC2)n[nH]1. The molecule has 6 rings (SSSR count). The standard InChI is InChI=1S/C28H27ClFN9O2/c1-16-12-24(38-37-16)34-25-22-15-32-39(20-8-10-41-11-9-20)26(22)36-28(35-25)31-14-17-2-7-23(29)21(13-17)27(40)33-19-5-3-18(30)4-6-19/h2-7,12-13,15,20H,8-11,14H2,1H3,(H,33,40)(H3,31,34,35,36,37,38). The summed E-state index contributed by atoms with van der Waals surface area (Å²) < 4.78 is 20.7. The molecule has 5 aromatic rings. The quantitative estimate of drug-likeness (QED) is 0.187. The molecule has 41 heavy (non-hydrogen) atoms. The number of carbonyl (C=O) groups is 1. The van der Waals surface area contributed by atoms with Crippen molar-refractivity contribution in [1.82, 2.24) is 29.9 Å². The van der Waals surface area contributed by atoms with Crippen LogP contribution in [0.1, 0.15) is 40.5 Å². The molecule has 1 aliphatic heterocycles. The molecule has 1 saturated heterocycles. The van der Waals surface area contributed by atoms with Crippen molar-refractivity contribution in [3.63, 3.8) is 0 Å². The van der Waals surface area contributed by atoms with Gasteiger partial charge >= 0.3 is 0 Å². The predicted octanol–water partition coefficient (Wildman–Crippen LogP) is 5.61. The van der Waals surface area contributed by atoms with E-state index in [-0.39, 0.29) is 11.9 Å². The van der Waals surface area contributed by atoms with E-state index in [4.69, 9.17) is 26.3 Å². The molecule has 0 radical (unpaired) electrons. The highest BCUT2D eigenvalue weighted by atomic mass is 35.5. The van der Waals surface area contributed by atoms with E-state index >= 15 is 0 Å². The minimum absolute atomic E-state index is 0.169. The summed E-state index contributed by atoms with van der Waals surface area (Å²) in [5, 5.41) is 22.2. The Morgan fingerprint density at radius 1 is 1.15 bits per heavy atom. The van der Waals surface area contributed by atoms with Crippen LogP contribution in [0.15, 0.2) is 54.7 Å². The van der Waals surface area contributed by atoms with Crippen molar-refractivity contribution in [2.45, 2.75) is 32.4 Å². The molecule has 1 fully saturated rings. The smallest absolute Gasteiger partial charge is 0.257 e. The van der Waals surface area contributed by atoms with Crippen LogP contribution < -0.4 is 16.0 Å². The van der Waals surface area contributed by atoms with Crippen LogP contribution in [0, 0.1) is 12.7 Å². The van der Waals surface area contributed by atoms with Crippen LogP contribution >= 0.6 is 11.6 Å². The van der Waals surface area contributed by atoms with Gasteiger partial charge in [0, 0.05) is 37.2 Å². The number of amides is 1. The van der Waals surface area contributed by atoms with E-state index in [9.17, 15) is 9.18 Å². The summed E-state index contributed by atoms with van der Waals surface area (Å²) in [6.07, 6.45) is 3.46. The number of carbonyl (C=O) groups excluding carboxylic acids is 1. The molecule has 0 spiro atoms. The fourth-order valence-electron chi connectivity index (χ4n) is 4.67. The first-order chi connectivity index (χ1) is 19.9. The third kappa shape index (κ3) is 5.98. The molecule has 2 aromatic carbocycles. The minimum Gasteiger partial charge on any atom is -0.381 e. The Balaban J connectivity index is 1.26. The maximum absolute atomic E-state index is 13.2. The van der Waals surface area contributed by atoms with E-state index in [2.05, 4.69) is 31.2 Å². The highest BCUT2D eigenvalue weighted by molar-refractivity contribution is 6.34. The lowest BCUT2D eigenvalue weighted by atomic mass is 10.1. The third-order valence-corrected chi connectivity index (χ3v) is 7.10. The monoisotopic (exact) mass is 575 g/mol. The lowest BCUT2D eigenvalue weighted by Crippen LogP contribution is -2.21. The van der Waals surface area contributed by atoms with E-state index in [1.807, 2.05) is 23.7 Å². The number of benzene rings is 2. The summed E-state index contributed by atoms with van der Waals surface area (Å²) in [4.78, 5) is 22.4. The predicted molar refractivity (Wildman–Crippen MR) is 154 cm³/mol. The van der Waals surface area contributed by atoms with Crippen LogP contribution in [0.3, 0.4) is 0 Å².